The molecular weight excluding hydrogens is 218 g/mol. The van der Waals surface area contributed by atoms with E-state index in [1.807, 2.05) is 18.9 Å². The summed E-state index contributed by atoms with van der Waals surface area (Å²) in [5, 5.41) is 3.01. The van der Waals surface area contributed by atoms with Crippen LogP contribution in [0.2, 0.25) is 0 Å². The van der Waals surface area contributed by atoms with Crippen molar-refractivity contribution in [3.8, 4) is 0 Å². The molecule has 2 unspecified atom stereocenters. The Hall–Kier alpha value is -0.650. The van der Waals surface area contributed by atoms with Crippen molar-refractivity contribution >= 4 is 5.91 Å². The smallest absolute Gasteiger partial charge is 0.239 e. The van der Waals surface area contributed by atoms with Gasteiger partial charge >= 0.3 is 0 Å². The van der Waals surface area contributed by atoms with Crippen molar-refractivity contribution < 1.29 is 9.53 Å². The molecule has 0 radical (unpaired) electrons. The summed E-state index contributed by atoms with van der Waals surface area (Å²) in [6.45, 7) is 7.37. The number of rotatable bonds is 3. The molecular formula is C12H23N3O2. The molecule has 0 aliphatic carbocycles. The maximum absolute atomic E-state index is 12.0. The number of carbonyl (C=O) groups is 1. The Morgan fingerprint density at radius 2 is 2.06 bits per heavy atom. The zero-order chi connectivity index (χ0) is 12.3. The minimum absolute atomic E-state index is 0.0709. The average molecular weight is 241 g/mol. The molecule has 1 amide bonds. The van der Waals surface area contributed by atoms with Crippen molar-refractivity contribution in [2.45, 2.75) is 25.4 Å². The normalized spacial score (nSPS) is 28.4. The van der Waals surface area contributed by atoms with E-state index >= 15 is 0 Å². The summed E-state index contributed by atoms with van der Waals surface area (Å²) >= 11 is 0. The van der Waals surface area contributed by atoms with Crippen LogP contribution in [0.5, 0.6) is 0 Å². The first-order chi connectivity index (χ1) is 8.22. The summed E-state index contributed by atoms with van der Waals surface area (Å²) in [4.78, 5) is 16.5. The largest absolute Gasteiger partial charge is 0.379 e. The van der Waals surface area contributed by atoms with Gasteiger partial charge in [0.15, 0.2) is 0 Å². The second-order valence-electron chi connectivity index (χ2n) is 4.89. The Labute approximate surface area is 103 Å². The van der Waals surface area contributed by atoms with Crippen molar-refractivity contribution in [3.05, 3.63) is 0 Å². The van der Waals surface area contributed by atoms with Gasteiger partial charge in [-0.1, -0.05) is 0 Å². The van der Waals surface area contributed by atoms with E-state index in [0.717, 1.165) is 45.8 Å². The first kappa shape index (κ1) is 12.8. The van der Waals surface area contributed by atoms with Crippen LogP contribution in [0.25, 0.3) is 0 Å². The van der Waals surface area contributed by atoms with Gasteiger partial charge in [-0.05, 0) is 20.4 Å². The molecule has 0 saturated carbocycles. The van der Waals surface area contributed by atoms with E-state index in [9.17, 15) is 4.79 Å². The number of hydrogen-bond acceptors (Lipinski definition) is 4. The maximum Gasteiger partial charge on any atom is 0.239 e. The van der Waals surface area contributed by atoms with E-state index < -0.39 is 0 Å². The van der Waals surface area contributed by atoms with Crippen LogP contribution in [0, 0.1) is 0 Å². The van der Waals surface area contributed by atoms with Gasteiger partial charge in [-0.25, -0.2) is 0 Å². The Morgan fingerprint density at radius 3 is 2.71 bits per heavy atom. The van der Waals surface area contributed by atoms with Gasteiger partial charge in [0.1, 0.15) is 0 Å². The molecule has 2 fully saturated rings. The number of nitrogens with zero attached hydrogens (tertiary/aromatic N) is 2. The molecule has 2 saturated heterocycles. The number of hydrogen-bond donors (Lipinski definition) is 1. The predicted octanol–water partition coefficient (Wildman–Crippen LogP) is -0.473. The van der Waals surface area contributed by atoms with Crippen molar-refractivity contribution in [3.63, 3.8) is 0 Å². The van der Waals surface area contributed by atoms with Crippen LogP contribution >= 0.6 is 0 Å². The van der Waals surface area contributed by atoms with Crippen LogP contribution in [-0.2, 0) is 9.53 Å². The molecule has 17 heavy (non-hydrogen) atoms. The monoisotopic (exact) mass is 241 g/mol. The molecule has 0 spiro atoms. The molecule has 5 heteroatoms. The van der Waals surface area contributed by atoms with E-state index in [1.165, 1.54) is 0 Å². The van der Waals surface area contributed by atoms with Crippen LogP contribution in [-0.4, -0.2) is 74.2 Å². The molecule has 0 aromatic rings. The van der Waals surface area contributed by atoms with Crippen molar-refractivity contribution in [1.82, 2.24) is 15.1 Å². The molecule has 2 aliphatic rings. The van der Waals surface area contributed by atoms with Gasteiger partial charge < -0.3 is 15.0 Å². The Morgan fingerprint density at radius 1 is 1.35 bits per heavy atom. The van der Waals surface area contributed by atoms with Crippen molar-refractivity contribution in [2.75, 3.05) is 46.4 Å². The fourth-order valence-corrected chi connectivity index (χ4v) is 2.58. The third kappa shape index (κ3) is 2.97. The summed E-state index contributed by atoms with van der Waals surface area (Å²) in [6, 6.07) is 0.463. The lowest BCUT2D eigenvalue weighted by atomic mass is 10.2. The van der Waals surface area contributed by atoms with Gasteiger partial charge in [-0.3, -0.25) is 9.69 Å². The molecule has 1 N–H and O–H groups in total. The highest BCUT2D eigenvalue weighted by molar-refractivity contribution is 5.81. The maximum atomic E-state index is 12.0. The van der Waals surface area contributed by atoms with E-state index in [4.69, 9.17) is 4.74 Å². The second-order valence-corrected chi connectivity index (χ2v) is 4.89. The Kier molecular flexibility index (Phi) is 4.36. The SMILES string of the molecule is CNC(C)C(=O)N1CCC(N2CCOCC2)C1. The highest BCUT2D eigenvalue weighted by Crippen LogP contribution is 2.17. The summed E-state index contributed by atoms with van der Waals surface area (Å²) in [7, 11) is 1.83. The third-order valence-electron chi connectivity index (χ3n) is 3.84. The minimum atomic E-state index is -0.0709. The quantitative estimate of drug-likeness (QED) is 0.725. The third-order valence-corrected chi connectivity index (χ3v) is 3.84. The van der Waals surface area contributed by atoms with Crippen molar-refractivity contribution in [2.24, 2.45) is 0 Å². The molecule has 0 bridgehead atoms. The van der Waals surface area contributed by atoms with E-state index in [2.05, 4.69) is 10.2 Å². The lowest BCUT2D eigenvalue weighted by Gasteiger charge is -2.32. The topological polar surface area (TPSA) is 44.8 Å². The molecule has 2 aliphatic heterocycles. The highest BCUT2D eigenvalue weighted by Gasteiger charge is 2.32. The first-order valence-corrected chi connectivity index (χ1v) is 6.50. The molecule has 2 rings (SSSR count). The number of morpholine rings is 1. The molecule has 0 aromatic carbocycles. The second kappa shape index (κ2) is 5.80. The summed E-state index contributed by atoms with van der Waals surface area (Å²) in [5.41, 5.74) is 0. The molecule has 0 aromatic heterocycles. The molecule has 98 valence electrons. The van der Waals surface area contributed by atoms with Crippen LogP contribution in [0.3, 0.4) is 0 Å². The van der Waals surface area contributed by atoms with Gasteiger partial charge in [0.2, 0.25) is 5.91 Å². The number of carbonyl (C=O) groups excluding carboxylic acids is 1. The lowest BCUT2D eigenvalue weighted by molar-refractivity contribution is -0.132. The van der Waals surface area contributed by atoms with Gasteiger partial charge in [0.25, 0.3) is 0 Å². The van der Waals surface area contributed by atoms with E-state index in [1.54, 1.807) is 0 Å². The highest BCUT2D eigenvalue weighted by atomic mass is 16.5. The summed E-state index contributed by atoms with van der Waals surface area (Å²) < 4.78 is 5.36. The first-order valence-electron chi connectivity index (χ1n) is 6.50. The predicted molar refractivity (Wildman–Crippen MR) is 65.9 cm³/mol. The van der Waals surface area contributed by atoms with E-state index in [0.29, 0.717) is 6.04 Å². The van der Waals surface area contributed by atoms with Crippen LogP contribution in [0.4, 0.5) is 0 Å². The lowest BCUT2D eigenvalue weighted by Crippen LogP contribution is -2.47. The zero-order valence-electron chi connectivity index (χ0n) is 10.8. The van der Waals surface area contributed by atoms with Crippen LogP contribution in [0.15, 0.2) is 0 Å². The summed E-state index contributed by atoms with van der Waals surface area (Å²) in [5.74, 6) is 0.225. The number of likely N-dealkylation sites (N-methyl/N-ethyl adjacent to an activating group) is 1. The van der Waals surface area contributed by atoms with Crippen LogP contribution < -0.4 is 5.32 Å². The fraction of sp³-hybridized carbons (Fsp3) is 0.917. The molecule has 2 atom stereocenters. The number of likely N-dealkylation sites (tertiary alicyclic amines) is 1. The van der Waals surface area contributed by atoms with Crippen molar-refractivity contribution in [1.29, 1.82) is 0 Å². The van der Waals surface area contributed by atoms with Gasteiger partial charge in [0.05, 0.1) is 19.3 Å². The number of ether oxygens (including phenoxy) is 1. The Balaban J connectivity index is 1.84. The minimum Gasteiger partial charge on any atom is -0.379 e. The van der Waals surface area contributed by atoms with Gasteiger partial charge in [-0.2, -0.15) is 0 Å². The molecule has 2 heterocycles. The van der Waals surface area contributed by atoms with Gasteiger partial charge in [0, 0.05) is 32.2 Å². The zero-order valence-corrected chi connectivity index (χ0v) is 10.8. The average Bonchev–Trinajstić information content (AvgIpc) is 2.87. The standard InChI is InChI=1S/C12H23N3O2/c1-10(13-2)12(16)15-4-3-11(9-15)14-5-7-17-8-6-14/h10-11,13H,3-9H2,1-2H3. The Bertz CT molecular complexity index is 266. The number of nitrogens with one attached hydrogen (secondary N) is 1. The number of amides is 1. The molecule has 5 nitrogen and oxygen atoms in total. The van der Waals surface area contributed by atoms with E-state index in [-0.39, 0.29) is 11.9 Å². The van der Waals surface area contributed by atoms with Gasteiger partial charge in [-0.15, -0.1) is 0 Å². The summed E-state index contributed by atoms with van der Waals surface area (Å²) in [6.07, 6.45) is 1.10. The van der Waals surface area contributed by atoms with Crippen LogP contribution in [0.1, 0.15) is 13.3 Å². The fourth-order valence-electron chi connectivity index (χ4n) is 2.58.